The average Bonchev–Trinajstić information content (AvgIpc) is 1.65. The summed E-state index contributed by atoms with van der Waals surface area (Å²) in [5.41, 5.74) is 17.9. The number of β-amino-alcohol motifs (C(OH)–C–C–N with tert-alkyl or cyclic N) is 2. The lowest BCUT2D eigenvalue weighted by Crippen LogP contribution is -2.48. The standard InChI is InChI=1S/C26H31FN4O2.C23H27ClN4O4.C23H27FN4O4.C23H26FN3O3.H3N/c1-16-23(15-21-20-14-18(27)6-7-22(20)29-25(21)32)28-17(2)24(16)26(33)31-12-8-19(9-13-31)30-10-4-3-5-11-30;2*1-13-20(10-18-17-9-15(24)3-4-19(17)27-22(18)30)26-14(2)21(13)23(31)25-11-16(29)12-28-5-7-32-8-6-28;1-14-11-16(12-19-18-13-17(24)3-4-20(18)26-22(19)28)15(2)21(14)23(29)25-5-6-27-7-9-30-10-8-27;/h6-7,14-15,19,28H,3-5,8-13H2,1-2H3,(H,29,32);2*3-4,9-10,16,26,29H,5-8,11-12H2,1-2H3,(H,25,31)(H,27,30);3-4,12-13H,5-11H2,1-2H3,(H,25,29)(H,26,28);1H3/b21-15-;2*18-10-;19-12-;/t;2*16-;;/m.10../s1. The molecule has 4 aromatic carbocycles. The van der Waals surface area contributed by atoms with Crippen LogP contribution in [-0.2, 0) is 38.2 Å². The summed E-state index contributed by atoms with van der Waals surface area (Å²) in [4.78, 5) is 122. The Balaban J connectivity index is 0.000000146. The fourth-order valence-electron chi connectivity index (χ4n) is 18.1. The van der Waals surface area contributed by atoms with Gasteiger partial charge in [-0.1, -0.05) is 23.6 Å². The highest BCUT2D eigenvalue weighted by atomic mass is 35.5. The SMILES string of the molecule is CC1=C(C(=O)NCCN2CCOCC2)C(C)=C(/C=C2\C(=O)Nc3ccc(F)cc32)C1.Cc1[nH]c(/C=C2\C(=O)Nc3ccc(Cl)cc32)c(C)c1C(=O)NC[C@@H](O)CN1CCOCC1.Cc1[nH]c(/C=C2\C(=O)Nc3ccc(F)cc32)c(C)c1C(=O)N1CCC(N2CCCCC2)CC1.Cc1[nH]c(/C=C2\C(=O)Nc3ccc(F)cc32)c(C)c1C(=O)NC[C@H](O)CN1CCOCC1.N. The molecule has 15 N–H and O–H groups in total. The van der Waals surface area contributed by atoms with Crippen molar-refractivity contribution in [2.45, 2.75) is 112 Å². The van der Waals surface area contributed by atoms with Crippen LogP contribution in [0.15, 0.2) is 101 Å². The number of ether oxygens (including phenoxy) is 3. The monoisotopic (exact) mass is 1780 g/mol. The first-order valence-electron chi connectivity index (χ1n) is 43.5. The van der Waals surface area contributed by atoms with Gasteiger partial charge in [0.2, 0.25) is 0 Å². The van der Waals surface area contributed by atoms with Gasteiger partial charge in [-0.3, -0.25) is 53.1 Å². The molecule has 2 atom stereocenters. The van der Waals surface area contributed by atoms with Crippen molar-refractivity contribution in [3.05, 3.63) is 213 Å². The van der Waals surface area contributed by atoms with Gasteiger partial charge in [-0.25, -0.2) is 13.2 Å². The number of nitrogens with zero attached hydrogens (tertiary/aromatic N) is 5. The number of carbonyl (C=O) groups excluding carboxylic acids is 8. The van der Waals surface area contributed by atoms with Crippen LogP contribution < -0.4 is 43.4 Å². The number of aromatic amines is 3. The number of benzene rings is 4. The molecule has 33 heteroatoms. The molecule has 0 spiro atoms. The number of morpholine rings is 3. The molecule has 3 aromatic heterocycles. The predicted molar refractivity (Wildman–Crippen MR) is 488 cm³/mol. The maximum Gasteiger partial charge on any atom is 0.256 e. The van der Waals surface area contributed by atoms with Gasteiger partial charge in [0.25, 0.3) is 47.3 Å². The van der Waals surface area contributed by atoms with Gasteiger partial charge < -0.3 is 92.5 Å². The number of aromatic nitrogens is 3. The fourth-order valence-corrected chi connectivity index (χ4v) is 18.3. The molecule has 128 heavy (non-hydrogen) atoms. The van der Waals surface area contributed by atoms with E-state index in [0.29, 0.717) is 182 Å². The summed E-state index contributed by atoms with van der Waals surface area (Å²) < 4.78 is 57.1. The maximum absolute atomic E-state index is 13.8. The third-order valence-corrected chi connectivity index (χ3v) is 25.2. The number of anilines is 4. The number of aliphatic hydroxyl groups excluding tert-OH is 2. The summed E-state index contributed by atoms with van der Waals surface area (Å²) in [6, 6.07) is 18.5. The van der Waals surface area contributed by atoms with Crippen molar-refractivity contribution in [1.82, 2.24) is 61.6 Å². The zero-order valence-electron chi connectivity index (χ0n) is 73.6. The Hall–Kier alpha value is -11.4. The van der Waals surface area contributed by atoms with Gasteiger partial charge in [0.1, 0.15) is 17.5 Å². The molecule has 29 nitrogen and oxygen atoms in total. The summed E-state index contributed by atoms with van der Waals surface area (Å²) in [5.74, 6) is -2.87. The summed E-state index contributed by atoms with van der Waals surface area (Å²) in [5, 5.41) is 40.9. The molecule has 9 aliphatic heterocycles. The third kappa shape index (κ3) is 22.1. The van der Waals surface area contributed by atoms with Gasteiger partial charge in [0.15, 0.2) is 0 Å². The van der Waals surface area contributed by atoms with E-state index in [9.17, 15) is 61.7 Å². The molecule has 8 amide bonds. The molecular formula is C95H114ClF3N16O13. The Morgan fingerprint density at radius 3 is 1.27 bits per heavy atom. The van der Waals surface area contributed by atoms with Gasteiger partial charge in [-0.15, -0.1) is 0 Å². The molecule has 0 unspecified atom stereocenters. The highest BCUT2D eigenvalue weighted by Crippen LogP contribution is 2.42. The molecule has 0 bridgehead atoms. The molecule has 12 heterocycles. The van der Waals surface area contributed by atoms with E-state index in [2.05, 4.69) is 71.8 Å². The van der Waals surface area contributed by atoms with Crippen molar-refractivity contribution in [1.29, 1.82) is 0 Å². The molecule has 10 aliphatic rings. The van der Waals surface area contributed by atoms with E-state index in [0.717, 1.165) is 124 Å². The largest absolute Gasteiger partial charge is 0.390 e. The molecule has 5 fully saturated rings. The molecule has 17 rings (SSSR count). The average molecular weight is 1780 g/mol. The van der Waals surface area contributed by atoms with Crippen molar-refractivity contribution in [3.63, 3.8) is 0 Å². The number of hydrogen-bond donors (Lipinski definition) is 13. The number of hydrogen-bond acceptors (Lipinski definition) is 18. The number of nitrogens with one attached hydrogen (secondary N) is 10. The fraction of sp³-hybridized carbons (Fsp3) is 0.411. The number of rotatable bonds is 20. The normalized spacial score (nSPS) is 19.5. The van der Waals surface area contributed by atoms with Gasteiger partial charge >= 0.3 is 0 Å². The minimum Gasteiger partial charge on any atom is -0.390 e. The van der Waals surface area contributed by atoms with E-state index < -0.39 is 18.0 Å². The number of H-pyrrole nitrogens is 3. The highest BCUT2D eigenvalue weighted by molar-refractivity contribution is 6.38. The second-order valence-corrected chi connectivity index (χ2v) is 34.1. The second-order valence-electron chi connectivity index (χ2n) is 33.7. The summed E-state index contributed by atoms with van der Waals surface area (Å²) in [7, 11) is 0. The van der Waals surface area contributed by atoms with Crippen LogP contribution in [0.25, 0.3) is 40.5 Å². The number of allylic oxidation sites excluding steroid dienone is 3. The maximum atomic E-state index is 13.8. The molecule has 1 aliphatic carbocycles. The molecule has 7 aromatic rings. The minimum atomic E-state index is -0.688. The van der Waals surface area contributed by atoms with Gasteiger partial charge in [0, 0.05) is 193 Å². The van der Waals surface area contributed by atoms with Crippen LogP contribution in [0.1, 0.15) is 157 Å². The zero-order valence-corrected chi connectivity index (χ0v) is 74.4. The van der Waals surface area contributed by atoms with Crippen LogP contribution in [-0.4, -0.2) is 260 Å². The number of amides is 8. The molecule has 5 saturated heterocycles. The molecule has 680 valence electrons. The van der Waals surface area contributed by atoms with Crippen LogP contribution in [0.5, 0.6) is 0 Å². The van der Waals surface area contributed by atoms with E-state index in [1.165, 1.54) is 74.8 Å². The molecular weight excluding hydrogens is 1670 g/mol. The van der Waals surface area contributed by atoms with Gasteiger partial charge in [-0.05, 0) is 226 Å². The van der Waals surface area contributed by atoms with E-state index in [1.807, 2.05) is 46.4 Å². The van der Waals surface area contributed by atoms with Crippen LogP contribution in [0, 0.1) is 59.0 Å². The van der Waals surface area contributed by atoms with E-state index in [-0.39, 0.29) is 78.1 Å². The lowest BCUT2D eigenvalue weighted by molar-refractivity contribution is -0.117. The number of piperidine rings is 2. The predicted octanol–water partition coefficient (Wildman–Crippen LogP) is 11.0. The number of halogens is 4. The Kier molecular flexibility index (Phi) is 31.1. The van der Waals surface area contributed by atoms with E-state index >= 15 is 0 Å². The number of aryl methyl sites for hydroxylation is 3. The van der Waals surface area contributed by atoms with Crippen LogP contribution in [0.4, 0.5) is 35.9 Å². The summed E-state index contributed by atoms with van der Waals surface area (Å²) in [6.45, 7) is 30.3. The van der Waals surface area contributed by atoms with Crippen molar-refractivity contribution in [3.8, 4) is 0 Å². The number of carbonyl (C=O) groups is 8. The second kappa shape index (κ2) is 42.2. The topological polar surface area (TPSA) is 387 Å². The van der Waals surface area contributed by atoms with Crippen LogP contribution in [0.3, 0.4) is 0 Å². The molecule has 0 saturated carbocycles. The van der Waals surface area contributed by atoms with Crippen LogP contribution >= 0.6 is 11.6 Å². The van der Waals surface area contributed by atoms with E-state index in [4.69, 9.17) is 25.8 Å². The Morgan fingerprint density at radius 1 is 0.477 bits per heavy atom. The third-order valence-electron chi connectivity index (χ3n) is 24.9. The lowest BCUT2D eigenvalue weighted by Gasteiger charge is -2.40. The zero-order chi connectivity index (χ0) is 90.0. The number of aliphatic hydroxyl groups is 2. The van der Waals surface area contributed by atoms with Gasteiger partial charge in [0.05, 0.1) is 85.3 Å². The van der Waals surface area contributed by atoms with Crippen molar-refractivity contribution in [2.75, 3.05) is 166 Å². The highest BCUT2D eigenvalue weighted by Gasteiger charge is 2.36. The summed E-state index contributed by atoms with van der Waals surface area (Å²) >= 11 is 6.11. The first-order chi connectivity index (χ1) is 61.0. The van der Waals surface area contributed by atoms with Crippen molar-refractivity contribution < 1.29 is 76.0 Å². The number of likely N-dealkylation sites (tertiary alicyclic amines) is 2. The Labute approximate surface area is 747 Å². The van der Waals surface area contributed by atoms with Crippen LogP contribution in [0.2, 0.25) is 5.02 Å². The Morgan fingerprint density at radius 2 is 0.852 bits per heavy atom. The quantitative estimate of drug-likeness (QED) is 0.0315. The minimum absolute atomic E-state index is 0. The molecule has 0 radical (unpaired) electrons. The van der Waals surface area contributed by atoms with Gasteiger partial charge in [-0.2, -0.15) is 0 Å². The van der Waals surface area contributed by atoms with Crippen molar-refractivity contribution >= 4 is 122 Å². The first-order valence-corrected chi connectivity index (χ1v) is 43.8. The summed E-state index contributed by atoms with van der Waals surface area (Å²) in [6.07, 6.45) is 12.1. The first kappa shape index (κ1) is 94.2. The van der Waals surface area contributed by atoms with Crippen molar-refractivity contribution in [2.24, 2.45) is 0 Å². The van der Waals surface area contributed by atoms with E-state index in [1.54, 1.807) is 68.5 Å². The smallest absolute Gasteiger partial charge is 0.256 e. The number of fused-ring (bicyclic) bond motifs is 4. The lowest BCUT2D eigenvalue weighted by atomic mass is 9.98. The Bertz CT molecular complexity index is 5440.